The molecule has 0 aliphatic heterocycles. The Bertz CT molecular complexity index is 1900. The van der Waals surface area contributed by atoms with Crippen molar-refractivity contribution < 1.29 is 73.3 Å². The third-order valence-corrected chi connectivity index (χ3v) is 20.4. The van der Waals surface area contributed by atoms with E-state index < -0.39 is 32.3 Å². The van der Waals surface area contributed by atoms with E-state index in [1.807, 2.05) is 0 Å². The number of halogens is 2. The predicted octanol–water partition coefficient (Wildman–Crippen LogP) is 9.41. The summed E-state index contributed by atoms with van der Waals surface area (Å²) in [5, 5.41) is 0. The average Bonchev–Trinajstić information content (AvgIpc) is 3.95. The van der Waals surface area contributed by atoms with E-state index in [1.54, 1.807) is 0 Å². The Morgan fingerprint density at radius 1 is 0.323 bits per heavy atom. The van der Waals surface area contributed by atoms with Crippen LogP contribution in [0.2, 0.25) is 78.6 Å². The summed E-state index contributed by atoms with van der Waals surface area (Å²) >= 11 is 2.60. The smallest absolute Gasteiger partial charge is 1.00 e. The van der Waals surface area contributed by atoms with Crippen molar-refractivity contribution in [3.63, 3.8) is 0 Å². The van der Waals surface area contributed by atoms with Gasteiger partial charge in [-0.15, -0.1) is 46.5 Å². The molecule has 0 radical (unpaired) electrons. The van der Waals surface area contributed by atoms with Gasteiger partial charge >= 0.3 is 56.9 Å². The SMILES string of the molecule is CC1=[C-]C([Si](C)(C)C)c2ccccc21.CC1=[C-]C([Si](C)(C)C)c2ccccc21.CC1=[C-]C([Si](C)(C)C)c2ccccc21.CC1=[C-]C([Si](C)(C)C)c2ccccc21.[CH2]=[Zr+2].[CH2]=[Zr+2].[Cl-].[Cl-]. The van der Waals surface area contributed by atoms with Crippen LogP contribution in [0.5, 0.6) is 0 Å². The van der Waals surface area contributed by atoms with Gasteiger partial charge in [0.05, 0.1) is 0 Å². The van der Waals surface area contributed by atoms with Gasteiger partial charge in [-0.3, -0.25) is 24.3 Å². The molecule has 0 nitrogen and oxygen atoms in total. The van der Waals surface area contributed by atoms with Crippen molar-refractivity contribution in [3.05, 3.63) is 166 Å². The largest absolute Gasteiger partial charge is 1.00 e. The fourth-order valence-electron chi connectivity index (χ4n) is 8.58. The van der Waals surface area contributed by atoms with E-state index in [-0.39, 0.29) is 24.8 Å². The average molecular weight is 1090 g/mol. The van der Waals surface area contributed by atoms with Crippen molar-refractivity contribution in [2.45, 2.75) is 128 Å². The second-order valence-corrected chi connectivity index (χ2v) is 41.9. The van der Waals surface area contributed by atoms with E-state index in [0.29, 0.717) is 22.2 Å². The maximum Gasteiger partial charge on any atom is -1.00 e. The van der Waals surface area contributed by atoms with Gasteiger partial charge in [-0.2, -0.15) is 22.3 Å². The molecule has 328 valence electrons. The van der Waals surface area contributed by atoms with Crippen LogP contribution in [0, 0.1) is 24.3 Å². The van der Waals surface area contributed by atoms with Gasteiger partial charge in [0.2, 0.25) is 0 Å². The summed E-state index contributed by atoms with van der Waals surface area (Å²) in [6, 6.07) is 35.0. The molecule has 0 amide bonds. The summed E-state index contributed by atoms with van der Waals surface area (Å²) in [5.74, 6) is 0. The van der Waals surface area contributed by atoms with Crippen LogP contribution in [0.15, 0.2) is 97.1 Å². The maximum absolute atomic E-state index is 3.64. The standard InChI is InChI=1S/4C13H17Si.2CH2.2ClH.2Zr/c4*1-10-9-13(14(2,3)4)12-8-6-5-7-11(10)12;;;;;;/h4*5-8,13H,1-4H3;2*1H2;2*1H;;/q4*-1;;;;;2*+2/p-2. The Balaban J connectivity index is 0.000000398. The molecular weight excluding hydrogens is 1010 g/mol. The molecule has 8 rings (SSSR count). The molecule has 0 saturated carbocycles. The number of benzene rings is 4. The molecule has 0 N–H and O–H groups in total. The summed E-state index contributed by atoms with van der Waals surface area (Å²) in [5.41, 5.74) is 19.4. The third kappa shape index (κ3) is 14.9. The van der Waals surface area contributed by atoms with Gasteiger partial charge in [0.1, 0.15) is 0 Å². The second-order valence-electron chi connectivity index (χ2n) is 20.6. The van der Waals surface area contributed by atoms with Crippen LogP contribution in [0.3, 0.4) is 0 Å². The third-order valence-electron chi connectivity index (χ3n) is 11.6. The molecule has 0 fully saturated rings. The van der Waals surface area contributed by atoms with E-state index in [0.717, 1.165) is 0 Å². The number of allylic oxidation sites excluding steroid dienone is 8. The van der Waals surface area contributed by atoms with E-state index in [2.05, 4.69) is 236 Å². The Kier molecular flexibility index (Phi) is 23.8. The summed E-state index contributed by atoms with van der Waals surface area (Å²) in [7, 11) is -4.60. The van der Waals surface area contributed by atoms with Crippen LogP contribution in [0.4, 0.5) is 0 Å². The number of hydrogen-bond acceptors (Lipinski definition) is 0. The van der Waals surface area contributed by atoms with Crippen molar-refractivity contribution in [2.24, 2.45) is 0 Å². The van der Waals surface area contributed by atoms with Crippen LogP contribution < -0.4 is 24.8 Å². The molecule has 4 aliphatic carbocycles. The molecule has 4 aromatic carbocycles. The summed E-state index contributed by atoms with van der Waals surface area (Å²) in [6.07, 6.45) is 14.6. The Hall–Kier alpha value is -1.21. The predicted molar refractivity (Wildman–Crippen MR) is 274 cm³/mol. The van der Waals surface area contributed by atoms with Crippen molar-refractivity contribution >= 4 is 63.0 Å². The zero-order valence-electron chi connectivity index (χ0n) is 40.7. The van der Waals surface area contributed by atoms with Crippen LogP contribution >= 0.6 is 0 Å². The molecule has 4 aromatic rings. The minimum Gasteiger partial charge on any atom is -1.00 e. The van der Waals surface area contributed by atoms with Gasteiger partial charge in [-0.25, -0.2) is 22.3 Å². The first-order valence-corrected chi connectivity index (χ1v) is 39.3. The molecule has 0 heterocycles. The molecule has 4 aliphatic rings. The molecule has 0 aromatic heterocycles. The first-order chi connectivity index (χ1) is 28.0. The Morgan fingerprint density at radius 2 is 0.468 bits per heavy atom. The monoisotopic (exact) mass is 1080 g/mol. The quantitative estimate of drug-likeness (QED) is 0.141. The first-order valence-electron chi connectivity index (χ1n) is 21.5. The number of fused-ring (bicyclic) bond motifs is 4. The summed E-state index contributed by atoms with van der Waals surface area (Å²) < 4.78 is 6.68. The van der Waals surface area contributed by atoms with Crippen molar-refractivity contribution in [1.29, 1.82) is 0 Å². The van der Waals surface area contributed by atoms with Gasteiger partial charge < -0.3 is 24.8 Å². The van der Waals surface area contributed by atoms with Gasteiger partial charge in [-0.1, -0.05) is 201 Å². The van der Waals surface area contributed by atoms with Crippen LogP contribution in [-0.4, -0.2) is 40.7 Å². The molecular formula is C54H72Cl2Si4Zr2-2. The van der Waals surface area contributed by atoms with Gasteiger partial charge in [0.25, 0.3) is 0 Å². The van der Waals surface area contributed by atoms with E-state index in [9.17, 15) is 0 Å². The fourth-order valence-corrected chi connectivity index (χ4v) is 15.9. The van der Waals surface area contributed by atoms with E-state index in [4.69, 9.17) is 0 Å². The molecule has 0 spiro atoms. The van der Waals surface area contributed by atoms with Crippen molar-refractivity contribution in [2.75, 3.05) is 0 Å². The van der Waals surface area contributed by atoms with Crippen molar-refractivity contribution in [1.82, 2.24) is 0 Å². The summed E-state index contributed by atoms with van der Waals surface area (Å²) in [4.78, 5) is 0. The van der Waals surface area contributed by atoms with Crippen LogP contribution in [0.1, 0.15) is 94.4 Å². The Labute approximate surface area is 426 Å². The van der Waals surface area contributed by atoms with Gasteiger partial charge in [-0.05, 0) is 0 Å². The van der Waals surface area contributed by atoms with Crippen molar-refractivity contribution in [3.8, 4) is 0 Å². The number of hydrogen-bond donors (Lipinski definition) is 0. The molecule has 62 heavy (non-hydrogen) atoms. The van der Waals surface area contributed by atoms with E-state index in [1.165, 1.54) is 115 Å². The zero-order chi connectivity index (χ0) is 45.4. The van der Waals surface area contributed by atoms with Gasteiger partial charge in [0.15, 0.2) is 0 Å². The molecule has 0 bridgehead atoms. The van der Waals surface area contributed by atoms with E-state index >= 15 is 0 Å². The topological polar surface area (TPSA) is 0 Å². The second kappa shape index (κ2) is 25.1. The zero-order valence-corrected chi connectivity index (χ0v) is 51.1. The molecule has 8 heteroatoms. The fraction of sp³-hybridized carbons (Fsp3) is 0.370. The van der Waals surface area contributed by atoms with Gasteiger partial charge in [0, 0.05) is 32.3 Å². The minimum atomic E-state index is -1.15. The number of rotatable bonds is 4. The molecule has 4 atom stereocenters. The maximum atomic E-state index is 3.64. The minimum absolute atomic E-state index is 0. The first kappa shape index (κ1) is 58.8. The molecule has 4 unspecified atom stereocenters. The Morgan fingerprint density at radius 3 is 0.613 bits per heavy atom. The molecule has 0 saturated heterocycles. The van der Waals surface area contributed by atoms with Crippen LogP contribution in [-0.2, 0) is 48.5 Å². The van der Waals surface area contributed by atoms with Crippen LogP contribution in [0.25, 0.3) is 22.3 Å². The normalized spacial score (nSPS) is 18.8. The summed E-state index contributed by atoms with van der Waals surface area (Å²) in [6.45, 7) is 37.7.